The van der Waals surface area contributed by atoms with Crippen molar-refractivity contribution in [3.8, 4) is 0 Å². The van der Waals surface area contributed by atoms with Gasteiger partial charge in [0.1, 0.15) is 12.6 Å². The molecule has 0 radical (unpaired) electrons. The highest BCUT2D eigenvalue weighted by Gasteiger charge is 2.35. The van der Waals surface area contributed by atoms with E-state index in [0.717, 1.165) is 11.1 Å². The summed E-state index contributed by atoms with van der Waals surface area (Å²) in [5.41, 5.74) is 2.98. The molecule has 0 spiro atoms. The Hall–Kier alpha value is -1.93. The molecule has 0 amide bonds. The summed E-state index contributed by atoms with van der Waals surface area (Å²) in [4.78, 5) is 23.5. The molecule has 2 atom stereocenters. The smallest absolute Gasteiger partial charge is 0.347 e. The maximum atomic E-state index is 12.6. The van der Waals surface area contributed by atoms with E-state index in [-0.39, 0.29) is 17.4 Å². The number of benzene rings is 1. The van der Waals surface area contributed by atoms with Gasteiger partial charge in [0.15, 0.2) is 0 Å². The van der Waals surface area contributed by atoms with Crippen LogP contribution in [0.1, 0.15) is 35.6 Å². The van der Waals surface area contributed by atoms with Crippen molar-refractivity contribution >= 4 is 22.0 Å². The van der Waals surface area contributed by atoms with E-state index in [0.29, 0.717) is 11.1 Å². The first-order chi connectivity index (χ1) is 11.5. The van der Waals surface area contributed by atoms with Crippen molar-refractivity contribution in [2.24, 2.45) is 0 Å². The number of hydrogen-bond donors (Lipinski definition) is 1. The average Bonchev–Trinajstić information content (AvgIpc) is 2.81. The molecule has 138 valence electrons. The summed E-state index contributed by atoms with van der Waals surface area (Å²) in [7, 11) is -3.89. The fraction of sp³-hybridized carbons (Fsp3) is 0.529. The number of carbonyl (C=O) groups excluding carboxylic acids is 2. The van der Waals surface area contributed by atoms with Crippen LogP contribution in [-0.4, -0.2) is 39.1 Å². The lowest BCUT2D eigenvalue weighted by atomic mass is 10.0. The lowest BCUT2D eigenvalue weighted by molar-refractivity contribution is -0.160. The van der Waals surface area contributed by atoms with Gasteiger partial charge in [-0.05, 0) is 56.9 Å². The first kappa shape index (κ1) is 19.4. The molecule has 0 bridgehead atoms. The Morgan fingerprint density at radius 2 is 1.80 bits per heavy atom. The number of nitrogens with one attached hydrogen (secondary N) is 1. The first-order valence-electron chi connectivity index (χ1n) is 8.00. The third-order valence-corrected chi connectivity index (χ3v) is 6.05. The minimum Gasteiger partial charge on any atom is -0.460 e. The minimum absolute atomic E-state index is 0.173. The highest BCUT2D eigenvalue weighted by Crippen LogP contribution is 2.25. The quantitative estimate of drug-likeness (QED) is 0.789. The second-order valence-electron chi connectivity index (χ2n) is 6.38. The largest absolute Gasteiger partial charge is 0.460 e. The SMILES string of the molecule is Cc1cc(C)c(C)c(S(=O)(=O)NCC(=O)O[C@@H]2C[C@H](C)OC2=O)c1C. The van der Waals surface area contributed by atoms with Gasteiger partial charge in [0, 0.05) is 6.42 Å². The van der Waals surface area contributed by atoms with Crippen LogP contribution in [0.4, 0.5) is 0 Å². The van der Waals surface area contributed by atoms with Crippen molar-refractivity contribution in [2.75, 3.05) is 6.54 Å². The molecule has 0 saturated carbocycles. The van der Waals surface area contributed by atoms with E-state index >= 15 is 0 Å². The van der Waals surface area contributed by atoms with Crippen LogP contribution in [-0.2, 0) is 29.1 Å². The van der Waals surface area contributed by atoms with Gasteiger partial charge >= 0.3 is 11.9 Å². The number of aryl methyl sites for hydroxylation is 2. The molecule has 0 unspecified atom stereocenters. The highest BCUT2D eigenvalue weighted by atomic mass is 32.2. The molecule has 1 aromatic rings. The molecular weight excluding hydrogens is 346 g/mol. The fourth-order valence-electron chi connectivity index (χ4n) is 2.83. The third-order valence-electron chi connectivity index (χ3n) is 4.37. The second kappa shape index (κ2) is 7.13. The lowest BCUT2D eigenvalue weighted by Gasteiger charge is -2.16. The molecule has 25 heavy (non-hydrogen) atoms. The van der Waals surface area contributed by atoms with Gasteiger partial charge in [-0.3, -0.25) is 4.79 Å². The van der Waals surface area contributed by atoms with Gasteiger partial charge in [0.25, 0.3) is 0 Å². The number of hydrogen-bond acceptors (Lipinski definition) is 6. The summed E-state index contributed by atoms with van der Waals surface area (Å²) >= 11 is 0. The summed E-state index contributed by atoms with van der Waals surface area (Å²) in [5.74, 6) is -1.43. The number of cyclic esters (lactones) is 1. The number of sulfonamides is 1. The molecule has 0 aromatic heterocycles. The van der Waals surface area contributed by atoms with E-state index in [1.54, 1.807) is 20.8 Å². The molecule has 1 aliphatic heterocycles. The number of rotatable bonds is 5. The van der Waals surface area contributed by atoms with E-state index in [2.05, 4.69) is 4.72 Å². The number of carbonyl (C=O) groups is 2. The van der Waals surface area contributed by atoms with Crippen LogP contribution in [0.25, 0.3) is 0 Å². The van der Waals surface area contributed by atoms with Crippen LogP contribution in [0.15, 0.2) is 11.0 Å². The maximum Gasteiger partial charge on any atom is 0.347 e. The Morgan fingerprint density at radius 1 is 1.24 bits per heavy atom. The zero-order chi connectivity index (χ0) is 18.9. The van der Waals surface area contributed by atoms with E-state index in [1.165, 1.54) is 0 Å². The first-order valence-corrected chi connectivity index (χ1v) is 9.48. The Kier molecular flexibility index (Phi) is 5.53. The van der Waals surface area contributed by atoms with Crippen molar-refractivity contribution in [1.82, 2.24) is 4.72 Å². The Labute approximate surface area is 147 Å². The number of esters is 2. The van der Waals surface area contributed by atoms with Crippen LogP contribution < -0.4 is 4.72 Å². The van der Waals surface area contributed by atoms with Crippen LogP contribution in [0.2, 0.25) is 0 Å². The summed E-state index contributed by atoms with van der Waals surface area (Å²) in [6.45, 7) is 8.27. The monoisotopic (exact) mass is 369 g/mol. The van der Waals surface area contributed by atoms with Gasteiger partial charge in [0.2, 0.25) is 16.1 Å². The molecule has 1 saturated heterocycles. The van der Waals surface area contributed by atoms with Crippen molar-refractivity contribution in [3.63, 3.8) is 0 Å². The Bertz CT molecular complexity index is 789. The summed E-state index contributed by atoms with van der Waals surface area (Å²) < 4.78 is 37.4. The van der Waals surface area contributed by atoms with E-state index in [4.69, 9.17) is 9.47 Å². The number of ether oxygens (including phenoxy) is 2. The van der Waals surface area contributed by atoms with E-state index in [1.807, 2.05) is 19.9 Å². The van der Waals surface area contributed by atoms with Gasteiger partial charge in [-0.15, -0.1) is 0 Å². The second-order valence-corrected chi connectivity index (χ2v) is 8.08. The molecule has 1 aromatic carbocycles. The Morgan fingerprint density at radius 3 is 2.28 bits per heavy atom. The van der Waals surface area contributed by atoms with Crippen LogP contribution in [0.3, 0.4) is 0 Å². The van der Waals surface area contributed by atoms with Crippen molar-refractivity contribution in [2.45, 2.75) is 58.1 Å². The molecule has 1 fully saturated rings. The topological polar surface area (TPSA) is 98.8 Å². The van der Waals surface area contributed by atoms with Gasteiger partial charge in [0.05, 0.1) is 4.90 Å². The zero-order valence-electron chi connectivity index (χ0n) is 15.0. The molecule has 1 N–H and O–H groups in total. The molecule has 1 aliphatic rings. The third kappa shape index (κ3) is 4.19. The predicted octanol–water partition coefficient (Wildman–Crippen LogP) is 1.45. The zero-order valence-corrected chi connectivity index (χ0v) is 15.8. The van der Waals surface area contributed by atoms with Crippen molar-refractivity contribution in [1.29, 1.82) is 0 Å². The average molecular weight is 369 g/mol. The molecular formula is C17H23NO6S. The van der Waals surface area contributed by atoms with Crippen molar-refractivity contribution in [3.05, 3.63) is 28.3 Å². The van der Waals surface area contributed by atoms with Crippen LogP contribution in [0.5, 0.6) is 0 Å². The van der Waals surface area contributed by atoms with Gasteiger partial charge in [-0.1, -0.05) is 6.07 Å². The summed E-state index contributed by atoms with van der Waals surface area (Å²) in [6, 6.07) is 1.92. The predicted molar refractivity (Wildman–Crippen MR) is 90.6 cm³/mol. The van der Waals surface area contributed by atoms with Crippen LogP contribution in [0, 0.1) is 27.7 Å². The lowest BCUT2D eigenvalue weighted by Crippen LogP contribution is -2.34. The van der Waals surface area contributed by atoms with Gasteiger partial charge in [-0.2, -0.15) is 4.72 Å². The van der Waals surface area contributed by atoms with Crippen LogP contribution >= 0.6 is 0 Å². The standard InChI is InChI=1S/C17H23NO6S/c1-9-6-10(2)13(5)16(12(9)4)25(21,22)18-8-15(19)24-14-7-11(3)23-17(14)20/h6,11,14,18H,7-8H2,1-5H3/t11-,14+/m0/s1. The van der Waals surface area contributed by atoms with E-state index < -0.39 is 34.6 Å². The maximum absolute atomic E-state index is 12.6. The molecule has 2 rings (SSSR count). The van der Waals surface area contributed by atoms with Crippen molar-refractivity contribution < 1.29 is 27.5 Å². The highest BCUT2D eigenvalue weighted by molar-refractivity contribution is 7.89. The molecule has 7 nitrogen and oxygen atoms in total. The van der Waals surface area contributed by atoms with Gasteiger partial charge in [-0.25, -0.2) is 13.2 Å². The fourth-order valence-corrected chi connectivity index (χ4v) is 4.41. The van der Waals surface area contributed by atoms with Gasteiger partial charge < -0.3 is 9.47 Å². The Balaban J connectivity index is 2.10. The summed E-state index contributed by atoms with van der Waals surface area (Å²) in [6.07, 6.45) is -1.02. The minimum atomic E-state index is -3.89. The van der Waals surface area contributed by atoms with E-state index in [9.17, 15) is 18.0 Å². The molecule has 1 heterocycles. The summed E-state index contributed by atoms with van der Waals surface area (Å²) in [5, 5.41) is 0. The molecule has 8 heteroatoms. The normalized spacial score (nSPS) is 20.4. The molecule has 0 aliphatic carbocycles.